The van der Waals surface area contributed by atoms with Gasteiger partial charge in [0.25, 0.3) is 0 Å². The number of halogens is 1. The molecule has 0 N–H and O–H groups in total. The molecule has 0 aromatic heterocycles. The summed E-state index contributed by atoms with van der Waals surface area (Å²) in [6.45, 7) is 2.68. The van der Waals surface area contributed by atoms with Crippen LogP contribution in [-0.2, 0) is 9.47 Å². The monoisotopic (exact) mass is 288 g/mol. The van der Waals surface area contributed by atoms with Crippen LogP contribution in [0.5, 0.6) is 0 Å². The van der Waals surface area contributed by atoms with Gasteiger partial charge in [-0.15, -0.1) is 0 Å². The largest absolute Gasteiger partial charge is 0.378 e. The van der Waals surface area contributed by atoms with Crippen LogP contribution in [0.1, 0.15) is 38.5 Å². The molecule has 3 rings (SSSR count). The van der Waals surface area contributed by atoms with Crippen molar-refractivity contribution in [2.75, 3.05) is 19.8 Å². The Kier molecular flexibility index (Phi) is 3.29. The number of hydrogen-bond acceptors (Lipinski definition) is 2. The Morgan fingerprint density at radius 1 is 1.12 bits per heavy atom. The van der Waals surface area contributed by atoms with Crippen molar-refractivity contribution >= 4 is 15.9 Å². The topological polar surface area (TPSA) is 18.5 Å². The van der Waals surface area contributed by atoms with Crippen LogP contribution in [0.4, 0.5) is 0 Å². The minimum atomic E-state index is 0.0955. The summed E-state index contributed by atoms with van der Waals surface area (Å²) in [5.41, 5.74) is 0.0955. The SMILES string of the molecule is BrC1CCCC1C1CCOC2(CCOC2)C1. The summed E-state index contributed by atoms with van der Waals surface area (Å²) in [4.78, 5) is 0.759. The minimum Gasteiger partial charge on any atom is -0.378 e. The molecule has 2 nitrogen and oxygen atoms in total. The molecule has 4 atom stereocenters. The third kappa shape index (κ3) is 2.06. The molecule has 3 aliphatic rings. The van der Waals surface area contributed by atoms with Crippen molar-refractivity contribution in [3.63, 3.8) is 0 Å². The highest BCUT2D eigenvalue weighted by atomic mass is 79.9. The van der Waals surface area contributed by atoms with Crippen molar-refractivity contribution in [2.45, 2.75) is 49.0 Å². The van der Waals surface area contributed by atoms with Crippen LogP contribution in [0.15, 0.2) is 0 Å². The molecule has 3 fully saturated rings. The third-order valence-corrected chi connectivity index (χ3v) is 5.82. The zero-order valence-electron chi connectivity index (χ0n) is 9.79. The lowest BCUT2D eigenvalue weighted by atomic mass is 9.77. The first-order chi connectivity index (χ1) is 7.79. The molecule has 0 bridgehead atoms. The summed E-state index contributed by atoms with van der Waals surface area (Å²) >= 11 is 3.87. The van der Waals surface area contributed by atoms with Gasteiger partial charge in [0.2, 0.25) is 0 Å². The lowest BCUT2D eigenvalue weighted by molar-refractivity contribution is -0.105. The summed E-state index contributed by atoms with van der Waals surface area (Å²) in [7, 11) is 0. The zero-order valence-corrected chi connectivity index (χ0v) is 11.4. The van der Waals surface area contributed by atoms with Crippen molar-refractivity contribution in [1.29, 1.82) is 0 Å². The first kappa shape index (κ1) is 11.5. The van der Waals surface area contributed by atoms with Gasteiger partial charge in [-0.2, -0.15) is 0 Å². The quantitative estimate of drug-likeness (QED) is 0.690. The molecular formula is C13H21BrO2. The maximum atomic E-state index is 6.01. The molecule has 2 saturated heterocycles. The molecule has 1 aliphatic carbocycles. The third-order valence-electron chi connectivity index (χ3n) is 4.69. The molecule has 1 spiro atoms. The standard InChI is InChI=1S/C13H21BrO2/c14-12-3-1-2-11(12)10-4-6-16-13(8-10)5-7-15-9-13/h10-12H,1-9H2. The summed E-state index contributed by atoms with van der Waals surface area (Å²) in [6, 6.07) is 0. The van der Waals surface area contributed by atoms with Crippen LogP contribution in [0.25, 0.3) is 0 Å². The van der Waals surface area contributed by atoms with E-state index in [-0.39, 0.29) is 5.60 Å². The number of alkyl halides is 1. The summed E-state index contributed by atoms with van der Waals surface area (Å²) in [5, 5.41) is 0. The zero-order chi connectivity index (χ0) is 11.0. The van der Waals surface area contributed by atoms with Gasteiger partial charge in [0, 0.05) is 24.5 Å². The van der Waals surface area contributed by atoms with Gasteiger partial charge in [0.15, 0.2) is 0 Å². The van der Waals surface area contributed by atoms with Crippen LogP contribution in [0, 0.1) is 11.8 Å². The van der Waals surface area contributed by atoms with Gasteiger partial charge in [-0.3, -0.25) is 0 Å². The fourth-order valence-corrected chi connectivity index (χ4v) is 4.79. The normalized spacial score (nSPS) is 48.9. The second-order valence-electron chi connectivity index (χ2n) is 5.70. The molecule has 92 valence electrons. The Hall–Kier alpha value is 0.400. The van der Waals surface area contributed by atoms with Crippen molar-refractivity contribution in [3.05, 3.63) is 0 Å². The summed E-state index contributed by atoms with van der Waals surface area (Å²) in [5.74, 6) is 1.75. The predicted molar refractivity (Wildman–Crippen MR) is 66.9 cm³/mol. The van der Waals surface area contributed by atoms with E-state index in [0.29, 0.717) is 0 Å². The lowest BCUT2D eigenvalue weighted by Crippen LogP contribution is -2.42. The Labute approximate surface area is 106 Å². The molecule has 0 aromatic rings. The highest BCUT2D eigenvalue weighted by Crippen LogP contribution is 2.45. The van der Waals surface area contributed by atoms with Crippen molar-refractivity contribution < 1.29 is 9.47 Å². The Morgan fingerprint density at radius 3 is 2.75 bits per heavy atom. The fraction of sp³-hybridized carbons (Fsp3) is 1.00. The number of rotatable bonds is 1. The molecule has 16 heavy (non-hydrogen) atoms. The average molecular weight is 289 g/mol. The van der Waals surface area contributed by atoms with Crippen LogP contribution >= 0.6 is 15.9 Å². The van der Waals surface area contributed by atoms with E-state index in [9.17, 15) is 0 Å². The van der Waals surface area contributed by atoms with Gasteiger partial charge in [0.1, 0.15) is 0 Å². The van der Waals surface area contributed by atoms with Crippen molar-refractivity contribution in [2.24, 2.45) is 11.8 Å². The van der Waals surface area contributed by atoms with Crippen LogP contribution < -0.4 is 0 Å². The first-order valence-electron chi connectivity index (χ1n) is 6.65. The smallest absolute Gasteiger partial charge is 0.0939 e. The van der Waals surface area contributed by atoms with E-state index in [4.69, 9.17) is 9.47 Å². The Balaban J connectivity index is 1.67. The van der Waals surface area contributed by atoms with Crippen LogP contribution in [0.3, 0.4) is 0 Å². The molecule has 0 amide bonds. The van der Waals surface area contributed by atoms with Gasteiger partial charge in [-0.05, 0) is 37.5 Å². The molecule has 4 unspecified atom stereocenters. The lowest BCUT2D eigenvalue weighted by Gasteiger charge is -2.40. The second kappa shape index (κ2) is 4.58. The highest BCUT2D eigenvalue weighted by molar-refractivity contribution is 9.09. The number of ether oxygens (including phenoxy) is 2. The molecule has 2 aliphatic heterocycles. The molecule has 2 heterocycles. The van der Waals surface area contributed by atoms with E-state index in [0.717, 1.165) is 42.9 Å². The van der Waals surface area contributed by atoms with E-state index < -0.39 is 0 Å². The van der Waals surface area contributed by atoms with Crippen molar-refractivity contribution in [1.82, 2.24) is 0 Å². The van der Waals surface area contributed by atoms with Crippen LogP contribution in [0.2, 0.25) is 0 Å². The predicted octanol–water partition coefficient (Wildman–Crippen LogP) is 3.14. The molecule has 3 heteroatoms. The molecule has 0 radical (unpaired) electrons. The van der Waals surface area contributed by atoms with Crippen molar-refractivity contribution in [3.8, 4) is 0 Å². The van der Waals surface area contributed by atoms with Gasteiger partial charge >= 0.3 is 0 Å². The highest BCUT2D eigenvalue weighted by Gasteiger charge is 2.44. The van der Waals surface area contributed by atoms with E-state index in [2.05, 4.69) is 15.9 Å². The van der Waals surface area contributed by atoms with Gasteiger partial charge in [-0.1, -0.05) is 22.4 Å². The molecule has 1 saturated carbocycles. The van der Waals surface area contributed by atoms with E-state index in [1.807, 2.05) is 0 Å². The summed E-state index contributed by atoms with van der Waals surface area (Å²) in [6.07, 6.45) is 7.79. The van der Waals surface area contributed by atoms with E-state index in [1.54, 1.807) is 0 Å². The molecule has 0 aromatic carbocycles. The van der Waals surface area contributed by atoms with E-state index >= 15 is 0 Å². The summed E-state index contributed by atoms with van der Waals surface area (Å²) < 4.78 is 11.6. The van der Waals surface area contributed by atoms with Gasteiger partial charge < -0.3 is 9.47 Å². The first-order valence-corrected chi connectivity index (χ1v) is 7.56. The second-order valence-corrected chi connectivity index (χ2v) is 6.87. The number of hydrogen-bond donors (Lipinski definition) is 0. The Morgan fingerprint density at radius 2 is 2.06 bits per heavy atom. The van der Waals surface area contributed by atoms with Crippen LogP contribution in [-0.4, -0.2) is 30.2 Å². The van der Waals surface area contributed by atoms with E-state index in [1.165, 1.54) is 32.1 Å². The Bertz CT molecular complexity index is 250. The fourth-order valence-electron chi connectivity index (χ4n) is 3.77. The maximum absolute atomic E-state index is 6.01. The average Bonchev–Trinajstić information content (AvgIpc) is 2.88. The minimum absolute atomic E-state index is 0.0955. The maximum Gasteiger partial charge on any atom is 0.0939 e. The van der Waals surface area contributed by atoms with Gasteiger partial charge in [0.05, 0.1) is 12.2 Å². The van der Waals surface area contributed by atoms with Gasteiger partial charge in [-0.25, -0.2) is 0 Å². The molecular weight excluding hydrogens is 268 g/mol.